The number of hydrogen-bond acceptors (Lipinski definition) is 3. The van der Waals surface area contributed by atoms with Crippen LogP contribution in [0.2, 0.25) is 0 Å². The van der Waals surface area contributed by atoms with Crippen molar-refractivity contribution in [3.63, 3.8) is 0 Å². The summed E-state index contributed by atoms with van der Waals surface area (Å²) in [5.41, 5.74) is -0.297. The van der Waals surface area contributed by atoms with Crippen LogP contribution in [0.15, 0.2) is 4.99 Å². The fourth-order valence-corrected chi connectivity index (χ4v) is 4.52. The van der Waals surface area contributed by atoms with E-state index in [9.17, 15) is 4.79 Å². The Labute approximate surface area is 166 Å². The Kier molecular flexibility index (Phi) is 8.87. The predicted molar refractivity (Wildman–Crippen MR) is 113 cm³/mol. The minimum atomic E-state index is -0.297. The monoisotopic (exact) mass is 379 g/mol. The van der Waals surface area contributed by atoms with E-state index in [4.69, 9.17) is 4.99 Å². The average molecular weight is 380 g/mol. The number of rotatable bonds is 8. The van der Waals surface area contributed by atoms with Crippen LogP contribution < -0.4 is 10.6 Å². The molecule has 156 valence electrons. The molecule has 0 aromatic heterocycles. The second-order valence-electron chi connectivity index (χ2n) is 8.54. The van der Waals surface area contributed by atoms with Gasteiger partial charge in [-0.05, 0) is 52.5 Å². The number of likely N-dealkylation sites (tertiary alicyclic amines) is 1. The largest absolute Gasteiger partial charge is 0.357 e. The van der Waals surface area contributed by atoms with Crippen LogP contribution in [0, 0.1) is 5.41 Å². The lowest BCUT2D eigenvalue weighted by molar-refractivity contribution is -0.138. The van der Waals surface area contributed by atoms with E-state index in [1.165, 1.54) is 25.8 Å². The van der Waals surface area contributed by atoms with Gasteiger partial charge in [-0.1, -0.05) is 19.3 Å². The number of carbonyl (C=O) groups is 1. The first-order valence-electron chi connectivity index (χ1n) is 11.0. The molecule has 1 atom stereocenters. The first-order chi connectivity index (χ1) is 13.0. The van der Waals surface area contributed by atoms with E-state index in [0.29, 0.717) is 6.54 Å². The number of piperidine rings is 1. The molecular formula is C21H41N5O. The summed E-state index contributed by atoms with van der Waals surface area (Å²) >= 11 is 0. The summed E-state index contributed by atoms with van der Waals surface area (Å²) in [5.74, 6) is 1.08. The van der Waals surface area contributed by atoms with E-state index in [0.717, 1.165) is 63.7 Å². The van der Waals surface area contributed by atoms with Gasteiger partial charge in [-0.25, -0.2) is 0 Å². The summed E-state index contributed by atoms with van der Waals surface area (Å²) < 4.78 is 0. The van der Waals surface area contributed by atoms with Crippen LogP contribution in [0.25, 0.3) is 0 Å². The van der Waals surface area contributed by atoms with Crippen molar-refractivity contribution in [2.75, 3.05) is 46.8 Å². The van der Waals surface area contributed by atoms with Gasteiger partial charge in [0.1, 0.15) is 0 Å². The van der Waals surface area contributed by atoms with Crippen LogP contribution in [0.1, 0.15) is 65.2 Å². The Hall–Kier alpha value is -1.30. The van der Waals surface area contributed by atoms with Gasteiger partial charge in [-0.3, -0.25) is 9.79 Å². The van der Waals surface area contributed by atoms with Gasteiger partial charge in [0.05, 0.1) is 12.0 Å². The predicted octanol–water partition coefficient (Wildman–Crippen LogP) is 2.45. The van der Waals surface area contributed by atoms with Crippen LogP contribution in [-0.2, 0) is 4.79 Å². The Morgan fingerprint density at radius 2 is 1.93 bits per heavy atom. The van der Waals surface area contributed by atoms with Crippen molar-refractivity contribution in [2.24, 2.45) is 10.4 Å². The normalized spacial score (nSPS) is 23.3. The average Bonchev–Trinajstić information content (AvgIpc) is 3.13. The van der Waals surface area contributed by atoms with Gasteiger partial charge in [0.25, 0.3) is 0 Å². The number of amides is 1. The molecule has 1 amide bonds. The maximum absolute atomic E-state index is 12.7. The fourth-order valence-electron chi connectivity index (χ4n) is 4.52. The summed E-state index contributed by atoms with van der Waals surface area (Å²) in [6.07, 6.45) is 9.35. The van der Waals surface area contributed by atoms with E-state index in [2.05, 4.69) is 29.4 Å². The lowest BCUT2D eigenvalue weighted by atomic mass is 9.85. The van der Waals surface area contributed by atoms with Gasteiger partial charge >= 0.3 is 0 Å². The lowest BCUT2D eigenvalue weighted by Crippen LogP contribution is -2.43. The molecule has 6 nitrogen and oxygen atoms in total. The van der Waals surface area contributed by atoms with Crippen molar-refractivity contribution < 1.29 is 4.79 Å². The summed E-state index contributed by atoms with van der Waals surface area (Å²) in [5, 5.41) is 6.81. The highest BCUT2D eigenvalue weighted by atomic mass is 16.2. The molecule has 1 unspecified atom stereocenters. The number of nitrogens with one attached hydrogen (secondary N) is 2. The molecule has 1 aliphatic carbocycles. The quantitative estimate of drug-likeness (QED) is 0.386. The van der Waals surface area contributed by atoms with Crippen LogP contribution >= 0.6 is 0 Å². The van der Waals surface area contributed by atoms with E-state index >= 15 is 0 Å². The Bertz CT molecular complexity index is 485. The molecule has 2 fully saturated rings. The second-order valence-corrected chi connectivity index (χ2v) is 8.54. The van der Waals surface area contributed by atoms with Crippen molar-refractivity contribution in [3.05, 3.63) is 0 Å². The van der Waals surface area contributed by atoms with Gasteiger partial charge in [0.15, 0.2) is 5.96 Å². The third-order valence-corrected chi connectivity index (χ3v) is 6.16. The Morgan fingerprint density at radius 3 is 2.56 bits per heavy atom. The van der Waals surface area contributed by atoms with Gasteiger partial charge < -0.3 is 20.4 Å². The maximum atomic E-state index is 12.7. The summed E-state index contributed by atoms with van der Waals surface area (Å²) in [4.78, 5) is 21.9. The van der Waals surface area contributed by atoms with Crippen molar-refractivity contribution >= 4 is 11.9 Å². The zero-order valence-electron chi connectivity index (χ0n) is 18.0. The molecule has 0 bridgehead atoms. The molecular weight excluding hydrogens is 338 g/mol. The SMILES string of the molecule is CCNC(=NCC1(C(=O)N(C)C)CCCC1)NCCCN1CCCCC1C. The zero-order valence-corrected chi connectivity index (χ0v) is 18.0. The highest BCUT2D eigenvalue weighted by Crippen LogP contribution is 2.39. The van der Waals surface area contributed by atoms with E-state index < -0.39 is 0 Å². The third kappa shape index (κ3) is 6.37. The van der Waals surface area contributed by atoms with Crippen molar-refractivity contribution in [2.45, 2.75) is 71.3 Å². The molecule has 2 aliphatic rings. The highest BCUT2D eigenvalue weighted by molar-refractivity contribution is 5.84. The Morgan fingerprint density at radius 1 is 1.19 bits per heavy atom. The van der Waals surface area contributed by atoms with Crippen LogP contribution in [0.5, 0.6) is 0 Å². The number of nitrogens with zero attached hydrogens (tertiary/aromatic N) is 3. The summed E-state index contributed by atoms with van der Waals surface area (Å²) in [6.45, 7) is 9.17. The maximum Gasteiger partial charge on any atom is 0.230 e. The van der Waals surface area contributed by atoms with Crippen LogP contribution in [0.3, 0.4) is 0 Å². The van der Waals surface area contributed by atoms with E-state index in [-0.39, 0.29) is 11.3 Å². The van der Waals surface area contributed by atoms with Crippen molar-refractivity contribution in [1.82, 2.24) is 20.4 Å². The molecule has 0 radical (unpaired) electrons. The molecule has 0 aromatic carbocycles. The first-order valence-corrected chi connectivity index (χ1v) is 11.0. The second kappa shape index (κ2) is 10.9. The smallest absolute Gasteiger partial charge is 0.230 e. The van der Waals surface area contributed by atoms with Gasteiger partial charge in [0, 0.05) is 39.8 Å². The molecule has 27 heavy (non-hydrogen) atoms. The van der Waals surface area contributed by atoms with Gasteiger partial charge in [-0.15, -0.1) is 0 Å². The van der Waals surface area contributed by atoms with E-state index in [1.807, 2.05) is 14.1 Å². The van der Waals surface area contributed by atoms with Gasteiger partial charge in [0.2, 0.25) is 5.91 Å². The fraction of sp³-hybridized carbons (Fsp3) is 0.905. The third-order valence-electron chi connectivity index (χ3n) is 6.16. The molecule has 0 aromatic rings. The highest BCUT2D eigenvalue weighted by Gasteiger charge is 2.42. The molecule has 2 rings (SSSR count). The summed E-state index contributed by atoms with van der Waals surface area (Å²) in [6, 6.07) is 0.722. The van der Waals surface area contributed by atoms with Crippen molar-refractivity contribution in [1.29, 1.82) is 0 Å². The zero-order chi connectivity index (χ0) is 19.7. The lowest BCUT2D eigenvalue weighted by Gasteiger charge is -2.33. The standard InChI is InChI=1S/C21H41N5O/c1-5-22-20(23-14-10-16-26-15-9-6-11-18(26)2)24-17-21(12-7-8-13-21)19(27)25(3)4/h18H,5-17H2,1-4H3,(H2,22,23,24). The van der Waals surface area contributed by atoms with Crippen molar-refractivity contribution in [3.8, 4) is 0 Å². The van der Waals surface area contributed by atoms with Gasteiger partial charge in [-0.2, -0.15) is 0 Å². The molecule has 1 saturated heterocycles. The molecule has 6 heteroatoms. The number of hydrogen-bond donors (Lipinski definition) is 2. The topological polar surface area (TPSA) is 60.0 Å². The molecule has 1 saturated carbocycles. The number of aliphatic imine (C=N–C) groups is 1. The molecule has 2 N–H and O–H groups in total. The molecule has 1 heterocycles. The van der Waals surface area contributed by atoms with Crippen LogP contribution in [0.4, 0.5) is 0 Å². The first kappa shape index (κ1) is 22.0. The Balaban J connectivity index is 1.84. The number of guanidine groups is 1. The minimum Gasteiger partial charge on any atom is -0.357 e. The minimum absolute atomic E-state index is 0.235. The van der Waals surface area contributed by atoms with Crippen LogP contribution in [-0.4, -0.2) is 74.5 Å². The van der Waals surface area contributed by atoms with E-state index in [1.54, 1.807) is 4.90 Å². The molecule has 1 aliphatic heterocycles. The molecule has 0 spiro atoms. The number of carbonyl (C=O) groups excluding carboxylic acids is 1. The summed E-state index contributed by atoms with van der Waals surface area (Å²) in [7, 11) is 3.72.